The molecule has 4 heterocycles. The predicted molar refractivity (Wildman–Crippen MR) is 88.4 cm³/mol. The van der Waals surface area contributed by atoms with Crippen molar-refractivity contribution in [1.29, 1.82) is 0 Å². The number of thiazole rings is 1. The molecule has 2 fully saturated rings. The van der Waals surface area contributed by atoms with E-state index < -0.39 is 0 Å². The quantitative estimate of drug-likeness (QED) is 0.806. The van der Waals surface area contributed by atoms with Gasteiger partial charge in [-0.05, 0) is 37.3 Å². The molecule has 2 aliphatic rings. The number of ether oxygens (including phenoxy) is 1. The van der Waals surface area contributed by atoms with Crippen LogP contribution in [0, 0.1) is 5.92 Å². The molecular weight excluding hydrogens is 316 g/mol. The van der Waals surface area contributed by atoms with Gasteiger partial charge in [0.25, 0.3) is 0 Å². The number of piperidine rings is 2. The van der Waals surface area contributed by atoms with Crippen molar-refractivity contribution in [2.45, 2.75) is 25.4 Å². The normalized spacial score (nSPS) is 27.5. The number of carbonyl (C=O) groups excluding carboxylic acids is 1. The van der Waals surface area contributed by atoms with Crippen molar-refractivity contribution in [3.63, 3.8) is 0 Å². The second kappa shape index (κ2) is 6.10. The van der Waals surface area contributed by atoms with Crippen LogP contribution in [-0.4, -0.2) is 41.6 Å². The summed E-state index contributed by atoms with van der Waals surface area (Å²) >= 11 is 3.14. The van der Waals surface area contributed by atoms with E-state index in [4.69, 9.17) is 4.74 Å². The molecule has 2 bridgehead atoms. The van der Waals surface area contributed by atoms with E-state index in [2.05, 4.69) is 9.88 Å². The Bertz CT molecular complexity index is 653. The van der Waals surface area contributed by atoms with Crippen LogP contribution in [0.4, 0.5) is 0 Å². The van der Waals surface area contributed by atoms with E-state index in [9.17, 15) is 4.79 Å². The van der Waals surface area contributed by atoms with Crippen molar-refractivity contribution >= 4 is 28.6 Å². The summed E-state index contributed by atoms with van der Waals surface area (Å²) < 4.78 is 5.78. The second-order valence-electron chi connectivity index (χ2n) is 5.95. The molecule has 2 aromatic rings. The molecule has 4 nitrogen and oxygen atoms in total. The summed E-state index contributed by atoms with van der Waals surface area (Å²) in [6, 6.07) is 4.02. The van der Waals surface area contributed by atoms with Crippen molar-refractivity contribution in [2.75, 3.05) is 19.6 Å². The molecule has 0 N–H and O–H groups in total. The van der Waals surface area contributed by atoms with Crippen LogP contribution in [0.15, 0.2) is 22.9 Å². The first-order chi connectivity index (χ1) is 10.8. The molecule has 0 aromatic carbocycles. The van der Waals surface area contributed by atoms with Gasteiger partial charge in [0.15, 0.2) is 5.69 Å². The highest BCUT2D eigenvalue weighted by molar-refractivity contribution is 7.20. The summed E-state index contributed by atoms with van der Waals surface area (Å²) in [6.07, 6.45) is 3.42. The third kappa shape index (κ3) is 2.83. The highest BCUT2D eigenvalue weighted by Gasteiger charge is 2.34. The highest BCUT2D eigenvalue weighted by atomic mass is 32.1. The zero-order valence-electron chi connectivity index (χ0n) is 12.2. The zero-order chi connectivity index (χ0) is 14.9. The lowest BCUT2D eigenvalue weighted by Crippen LogP contribution is -2.48. The van der Waals surface area contributed by atoms with E-state index in [1.807, 2.05) is 22.9 Å². The van der Waals surface area contributed by atoms with Crippen molar-refractivity contribution < 1.29 is 9.53 Å². The van der Waals surface area contributed by atoms with Gasteiger partial charge in [-0.2, -0.15) is 0 Å². The van der Waals surface area contributed by atoms with Gasteiger partial charge in [-0.3, -0.25) is 0 Å². The van der Waals surface area contributed by atoms with Crippen LogP contribution in [-0.2, 0) is 4.74 Å². The lowest BCUT2D eigenvalue weighted by Gasteiger charge is -2.41. The number of aromatic nitrogens is 1. The molecule has 0 radical (unpaired) electrons. The average Bonchev–Trinajstić information content (AvgIpc) is 3.20. The van der Waals surface area contributed by atoms with E-state index in [0.717, 1.165) is 29.4 Å². The molecule has 2 aliphatic heterocycles. The van der Waals surface area contributed by atoms with Gasteiger partial charge < -0.3 is 9.64 Å². The maximum Gasteiger partial charge on any atom is 0.358 e. The van der Waals surface area contributed by atoms with E-state index in [-0.39, 0.29) is 12.1 Å². The molecule has 22 heavy (non-hydrogen) atoms. The summed E-state index contributed by atoms with van der Waals surface area (Å²) in [6.45, 7) is 3.33. The Balaban J connectivity index is 1.44. The minimum absolute atomic E-state index is 0.0657. The van der Waals surface area contributed by atoms with Gasteiger partial charge in [0.05, 0.1) is 4.88 Å². The molecule has 2 saturated heterocycles. The van der Waals surface area contributed by atoms with Crippen molar-refractivity contribution in [3.8, 4) is 9.88 Å². The van der Waals surface area contributed by atoms with E-state index >= 15 is 0 Å². The maximum absolute atomic E-state index is 12.4. The number of hydrogen-bond acceptors (Lipinski definition) is 6. The fraction of sp³-hybridized carbons (Fsp3) is 0.500. The number of rotatable bonds is 3. The Labute approximate surface area is 137 Å². The molecule has 0 saturated carbocycles. The molecule has 0 aliphatic carbocycles. The first kappa shape index (κ1) is 14.4. The van der Waals surface area contributed by atoms with Gasteiger partial charge in [-0.15, -0.1) is 22.7 Å². The van der Waals surface area contributed by atoms with Crippen LogP contribution in [0.5, 0.6) is 0 Å². The van der Waals surface area contributed by atoms with Crippen LogP contribution < -0.4 is 0 Å². The summed E-state index contributed by atoms with van der Waals surface area (Å²) in [7, 11) is 0. The lowest BCUT2D eigenvalue weighted by atomic mass is 9.87. The van der Waals surface area contributed by atoms with Crippen LogP contribution >= 0.6 is 22.7 Å². The van der Waals surface area contributed by atoms with Crippen LogP contribution in [0.25, 0.3) is 9.88 Å². The standard InChI is InChI=1S/C16H18N2O2S2/c19-16(12-10-22-15(17-12)14-4-2-8-21-14)20-13-5-7-18-6-1-3-11(13)9-18/h2,4,8,10-11,13H,1,3,5-7,9H2. The number of carbonyl (C=O) groups is 1. The van der Waals surface area contributed by atoms with Crippen molar-refractivity contribution in [2.24, 2.45) is 5.92 Å². The summed E-state index contributed by atoms with van der Waals surface area (Å²) in [5.74, 6) is 0.241. The van der Waals surface area contributed by atoms with Gasteiger partial charge >= 0.3 is 5.97 Å². The molecular formula is C16H18N2O2S2. The number of nitrogens with zero attached hydrogens (tertiary/aromatic N) is 2. The minimum atomic E-state index is -0.261. The van der Waals surface area contributed by atoms with E-state index in [0.29, 0.717) is 11.6 Å². The Morgan fingerprint density at radius 1 is 1.32 bits per heavy atom. The number of hydrogen-bond donors (Lipinski definition) is 0. The van der Waals surface area contributed by atoms with Crippen molar-refractivity contribution in [3.05, 3.63) is 28.6 Å². The first-order valence-electron chi connectivity index (χ1n) is 7.72. The Kier molecular flexibility index (Phi) is 3.98. The molecule has 116 valence electrons. The number of esters is 1. The summed E-state index contributed by atoms with van der Waals surface area (Å²) in [5.41, 5.74) is 0.451. The molecule has 2 aromatic heterocycles. The third-order valence-corrected chi connectivity index (χ3v) is 6.38. The monoisotopic (exact) mass is 334 g/mol. The summed E-state index contributed by atoms with van der Waals surface area (Å²) in [5, 5.41) is 4.73. The van der Waals surface area contributed by atoms with Gasteiger partial charge in [-0.1, -0.05) is 6.07 Å². The third-order valence-electron chi connectivity index (χ3n) is 4.50. The Hall–Kier alpha value is -1.24. The average molecular weight is 334 g/mol. The zero-order valence-corrected chi connectivity index (χ0v) is 13.9. The van der Waals surface area contributed by atoms with Gasteiger partial charge in [0, 0.05) is 24.4 Å². The molecule has 0 amide bonds. The first-order valence-corrected chi connectivity index (χ1v) is 9.48. The lowest BCUT2D eigenvalue weighted by molar-refractivity contribution is -0.0296. The molecule has 0 spiro atoms. The fourth-order valence-electron chi connectivity index (χ4n) is 3.38. The van der Waals surface area contributed by atoms with Gasteiger partial charge in [0.2, 0.25) is 0 Å². The molecule has 3 unspecified atom stereocenters. The van der Waals surface area contributed by atoms with E-state index in [1.54, 1.807) is 11.3 Å². The Morgan fingerprint density at radius 2 is 2.27 bits per heavy atom. The Morgan fingerprint density at radius 3 is 3.14 bits per heavy atom. The minimum Gasteiger partial charge on any atom is -0.457 e. The summed E-state index contributed by atoms with van der Waals surface area (Å²) in [4.78, 5) is 20.4. The van der Waals surface area contributed by atoms with Gasteiger partial charge in [-0.25, -0.2) is 9.78 Å². The van der Waals surface area contributed by atoms with Crippen molar-refractivity contribution in [1.82, 2.24) is 9.88 Å². The molecule has 3 atom stereocenters. The smallest absolute Gasteiger partial charge is 0.358 e. The molecule has 4 rings (SSSR count). The van der Waals surface area contributed by atoms with E-state index in [1.165, 1.54) is 30.7 Å². The highest BCUT2D eigenvalue weighted by Crippen LogP contribution is 2.31. The number of thiophene rings is 1. The number of fused-ring (bicyclic) bond motifs is 2. The van der Waals surface area contributed by atoms with Crippen LogP contribution in [0.1, 0.15) is 29.8 Å². The van der Waals surface area contributed by atoms with Crippen LogP contribution in [0.2, 0.25) is 0 Å². The SMILES string of the molecule is O=C(OC1CCN2CCCC1C2)c1csc(-c2cccs2)n1. The maximum atomic E-state index is 12.4. The van der Waals surface area contributed by atoms with Crippen LogP contribution in [0.3, 0.4) is 0 Å². The predicted octanol–water partition coefficient (Wildman–Crippen LogP) is 3.51. The molecule has 6 heteroatoms. The topological polar surface area (TPSA) is 42.4 Å². The van der Waals surface area contributed by atoms with Gasteiger partial charge in [0.1, 0.15) is 11.1 Å². The fourth-order valence-corrected chi connectivity index (χ4v) is 4.98. The largest absolute Gasteiger partial charge is 0.457 e. The second-order valence-corrected chi connectivity index (χ2v) is 7.76.